The summed E-state index contributed by atoms with van der Waals surface area (Å²) in [6.07, 6.45) is -0.389. The number of halogens is 1. The molecule has 0 bridgehead atoms. The van der Waals surface area contributed by atoms with Crippen LogP contribution in [0.15, 0.2) is 18.2 Å². The summed E-state index contributed by atoms with van der Waals surface area (Å²) in [5.41, 5.74) is 1.66. The lowest BCUT2D eigenvalue weighted by atomic mass is 10.2. The van der Waals surface area contributed by atoms with Crippen molar-refractivity contribution in [2.45, 2.75) is 12.7 Å². The lowest BCUT2D eigenvalue weighted by Gasteiger charge is -2.31. The van der Waals surface area contributed by atoms with Gasteiger partial charge < -0.3 is 14.7 Å². The first-order valence-corrected chi connectivity index (χ1v) is 5.78. The predicted molar refractivity (Wildman–Crippen MR) is 64.9 cm³/mol. The van der Waals surface area contributed by atoms with Crippen molar-refractivity contribution in [1.29, 1.82) is 5.26 Å². The fourth-order valence-corrected chi connectivity index (χ4v) is 2.06. The van der Waals surface area contributed by atoms with Crippen LogP contribution in [0, 0.1) is 11.3 Å². The minimum atomic E-state index is -0.389. The number of nitrogens with zero attached hydrogens (tertiary/aromatic N) is 2. The Labute approximate surface area is 105 Å². The normalized spacial score (nSPS) is 20.1. The van der Waals surface area contributed by atoms with E-state index in [4.69, 9.17) is 26.7 Å². The molecule has 17 heavy (non-hydrogen) atoms. The second-order valence-electron chi connectivity index (χ2n) is 3.87. The zero-order valence-electron chi connectivity index (χ0n) is 9.27. The third-order valence-electron chi connectivity index (χ3n) is 2.78. The maximum atomic E-state index is 9.04. The van der Waals surface area contributed by atoms with Crippen molar-refractivity contribution in [2.75, 3.05) is 24.6 Å². The Morgan fingerprint density at radius 3 is 3.06 bits per heavy atom. The molecule has 1 saturated heterocycles. The molecule has 1 aromatic carbocycles. The molecular weight excluding hydrogens is 240 g/mol. The van der Waals surface area contributed by atoms with Gasteiger partial charge in [-0.3, -0.25) is 0 Å². The van der Waals surface area contributed by atoms with Gasteiger partial charge in [0, 0.05) is 17.3 Å². The highest BCUT2D eigenvalue weighted by Crippen LogP contribution is 2.25. The molecule has 1 fully saturated rings. The van der Waals surface area contributed by atoms with Crippen molar-refractivity contribution in [1.82, 2.24) is 0 Å². The average molecular weight is 253 g/mol. The molecule has 90 valence electrons. The van der Waals surface area contributed by atoms with Gasteiger partial charge in [0.2, 0.25) is 0 Å². The molecule has 1 aliphatic rings. The molecule has 1 aliphatic heterocycles. The fourth-order valence-electron chi connectivity index (χ4n) is 1.82. The second kappa shape index (κ2) is 5.37. The maximum Gasteiger partial charge on any atom is 0.161 e. The smallest absolute Gasteiger partial charge is 0.161 e. The number of aliphatic hydroxyl groups is 1. The number of benzene rings is 1. The van der Waals surface area contributed by atoms with Crippen LogP contribution >= 0.6 is 11.6 Å². The van der Waals surface area contributed by atoms with Crippen molar-refractivity contribution in [2.24, 2.45) is 0 Å². The number of nitriles is 1. The Balaban J connectivity index is 2.17. The van der Waals surface area contributed by atoms with Gasteiger partial charge in [0.15, 0.2) is 6.10 Å². The van der Waals surface area contributed by atoms with E-state index in [9.17, 15) is 0 Å². The van der Waals surface area contributed by atoms with E-state index in [0.29, 0.717) is 23.7 Å². The van der Waals surface area contributed by atoms with E-state index in [1.54, 1.807) is 6.07 Å². The van der Waals surface area contributed by atoms with Crippen LogP contribution in [-0.4, -0.2) is 30.9 Å². The highest BCUT2D eigenvalue weighted by atomic mass is 35.5. The Morgan fingerprint density at radius 1 is 1.59 bits per heavy atom. The van der Waals surface area contributed by atoms with Crippen molar-refractivity contribution < 1.29 is 9.84 Å². The first-order chi connectivity index (χ1) is 8.24. The second-order valence-corrected chi connectivity index (χ2v) is 4.28. The molecule has 1 aromatic rings. The van der Waals surface area contributed by atoms with Crippen molar-refractivity contribution in [3.8, 4) is 6.07 Å². The summed E-state index contributed by atoms with van der Waals surface area (Å²) in [4.78, 5) is 2.06. The lowest BCUT2D eigenvalue weighted by Crippen LogP contribution is -2.41. The molecule has 0 aromatic heterocycles. The molecule has 1 unspecified atom stereocenters. The van der Waals surface area contributed by atoms with Crippen LogP contribution in [-0.2, 0) is 11.3 Å². The van der Waals surface area contributed by atoms with E-state index in [0.717, 1.165) is 12.2 Å². The number of hydrogen-bond acceptors (Lipinski definition) is 4. The molecule has 1 atom stereocenters. The molecule has 5 heteroatoms. The van der Waals surface area contributed by atoms with Crippen LogP contribution in [0.4, 0.5) is 5.69 Å². The first kappa shape index (κ1) is 12.2. The van der Waals surface area contributed by atoms with Gasteiger partial charge >= 0.3 is 0 Å². The number of anilines is 1. The molecule has 1 heterocycles. The van der Waals surface area contributed by atoms with Gasteiger partial charge in [0.25, 0.3) is 0 Å². The van der Waals surface area contributed by atoms with Crippen molar-refractivity contribution in [3.05, 3.63) is 28.8 Å². The van der Waals surface area contributed by atoms with E-state index >= 15 is 0 Å². The van der Waals surface area contributed by atoms with Crippen molar-refractivity contribution in [3.63, 3.8) is 0 Å². The predicted octanol–water partition coefficient (Wildman–Crippen LogP) is 1.56. The summed E-state index contributed by atoms with van der Waals surface area (Å²) in [5.74, 6) is 0. The van der Waals surface area contributed by atoms with Gasteiger partial charge in [0.1, 0.15) is 0 Å². The summed E-state index contributed by atoms with van der Waals surface area (Å²) in [5, 5.41) is 18.4. The molecule has 4 nitrogen and oxygen atoms in total. The Morgan fingerprint density at radius 2 is 2.41 bits per heavy atom. The van der Waals surface area contributed by atoms with Crippen LogP contribution in [0.5, 0.6) is 0 Å². The summed E-state index contributed by atoms with van der Waals surface area (Å²) >= 11 is 6.04. The standard InChI is InChI=1S/C12H13ClN2O2/c13-12-5-10(2-1-9(12)8-16)15-3-4-17-11(6-14)7-15/h1-2,5,11,16H,3-4,7-8H2. The van der Waals surface area contributed by atoms with E-state index in [1.807, 2.05) is 12.1 Å². The van der Waals surface area contributed by atoms with Crippen LogP contribution < -0.4 is 4.90 Å². The largest absolute Gasteiger partial charge is 0.392 e. The van der Waals surface area contributed by atoms with E-state index in [2.05, 4.69) is 11.0 Å². The monoisotopic (exact) mass is 252 g/mol. The van der Waals surface area contributed by atoms with Gasteiger partial charge in [-0.2, -0.15) is 5.26 Å². The third-order valence-corrected chi connectivity index (χ3v) is 3.13. The van der Waals surface area contributed by atoms with Gasteiger partial charge in [-0.25, -0.2) is 0 Å². The quantitative estimate of drug-likeness (QED) is 0.868. The Kier molecular flexibility index (Phi) is 3.85. The zero-order chi connectivity index (χ0) is 12.3. The lowest BCUT2D eigenvalue weighted by molar-refractivity contribution is 0.0764. The van der Waals surface area contributed by atoms with E-state index in [1.165, 1.54) is 0 Å². The summed E-state index contributed by atoms with van der Waals surface area (Å²) in [7, 11) is 0. The van der Waals surface area contributed by atoms with Gasteiger partial charge in [-0.1, -0.05) is 17.7 Å². The number of ether oxygens (including phenoxy) is 1. The summed E-state index contributed by atoms with van der Waals surface area (Å²) < 4.78 is 5.28. The molecular formula is C12H13ClN2O2. The van der Waals surface area contributed by atoms with Gasteiger partial charge in [-0.05, 0) is 17.7 Å². The van der Waals surface area contributed by atoms with Crippen LogP contribution in [0.3, 0.4) is 0 Å². The molecule has 0 spiro atoms. The molecule has 2 rings (SSSR count). The number of rotatable bonds is 2. The summed E-state index contributed by atoms with van der Waals surface area (Å²) in [6, 6.07) is 7.62. The van der Waals surface area contributed by atoms with Gasteiger partial charge in [-0.15, -0.1) is 0 Å². The number of aliphatic hydroxyl groups excluding tert-OH is 1. The minimum absolute atomic E-state index is 0.0664. The zero-order valence-corrected chi connectivity index (χ0v) is 10.0. The molecule has 1 N–H and O–H groups in total. The number of morpholine rings is 1. The number of hydrogen-bond donors (Lipinski definition) is 1. The molecule has 0 saturated carbocycles. The summed E-state index contributed by atoms with van der Waals surface area (Å²) in [6.45, 7) is 1.76. The topological polar surface area (TPSA) is 56.5 Å². The third kappa shape index (κ3) is 2.70. The van der Waals surface area contributed by atoms with Crippen LogP contribution in [0.2, 0.25) is 5.02 Å². The van der Waals surface area contributed by atoms with Crippen LogP contribution in [0.1, 0.15) is 5.56 Å². The molecule has 0 amide bonds. The first-order valence-electron chi connectivity index (χ1n) is 5.40. The fraction of sp³-hybridized carbons (Fsp3) is 0.417. The SMILES string of the molecule is N#CC1CN(c2ccc(CO)c(Cl)c2)CCO1. The highest BCUT2D eigenvalue weighted by Gasteiger charge is 2.20. The highest BCUT2D eigenvalue weighted by molar-refractivity contribution is 6.31. The van der Waals surface area contributed by atoms with E-state index in [-0.39, 0.29) is 12.7 Å². The van der Waals surface area contributed by atoms with E-state index < -0.39 is 0 Å². The average Bonchev–Trinajstić information content (AvgIpc) is 2.38. The minimum Gasteiger partial charge on any atom is -0.392 e. The maximum absolute atomic E-state index is 9.04. The van der Waals surface area contributed by atoms with Crippen LogP contribution in [0.25, 0.3) is 0 Å². The van der Waals surface area contributed by atoms with Crippen molar-refractivity contribution >= 4 is 17.3 Å². The Hall–Kier alpha value is -1.28. The Bertz CT molecular complexity index is 445. The van der Waals surface area contributed by atoms with Gasteiger partial charge in [0.05, 0.1) is 25.8 Å². The molecule has 0 radical (unpaired) electrons. The molecule has 0 aliphatic carbocycles.